The first kappa shape index (κ1) is 18.4. The van der Waals surface area contributed by atoms with E-state index in [1.165, 1.54) is 7.11 Å². The van der Waals surface area contributed by atoms with E-state index in [1.54, 1.807) is 20.8 Å². The molecule has 0 fully saturated rings. The van der Waals surface area contributed by atoms with Crippen molar-refractivity contribution in [1.82, 2.24) is 5.32 Å². The van der Waals surface area contributed by atoms with Gasteiger partial charge >= 0.3 is 12.1 Å². The van der Waals surface area contributed by atoms with Crippen molar-refractivity contribution < 1.29 is 24.1 Å². The fraction of sp³-hybridized carbons (Fsp3) is 0.467. The van der Waals surface area contributed by atoms with Gasteiger partial charge in [-0.2, -0.15) is 4.89 Å². The average Bonchev–Trinajstić information content (AvgIpc) is 2.38. The molecule has 0 aromatic heterocycles. The highest BCUT2D eigenvalue weighted by molar-refractivity contribution is 9.10. The lowest BCUT2D eigenvalue weighted by Gasteiger charge is -2.22. The monoisotopic (exact) mass is 373 g/mol. The van der Waals surface area contributed by atoms with Gasteiger partial charge in [0.25, 0.3) is 0 Å². The van der Waals surface area contributed by atoms with Crippen LogP contribution in [-0.4, -0.2) is 30.8 Å². The summed E-state index contributed by atoms with van der Waals surface area (Å²) in [6, 6.07) is 6.47. The van der Waals surface area contributed by atoms with E-state index in [0.29, 0.717) is 0 Å². The molecule has 0 spiro atoms. The largest absolute Gasteiger partial charge is 0.444 e. The average molecular weight is 374 g/mol. The molecule has 0 radical (unpaired) electrons. The van der Waals surface area contributed by atoms with E-state index in [-0.39, 0.29) is 6.42 Å². The van der Waals surface area contributed by atoms with Crippen LogP contribution in [0.25, 0.3) is 0 Å². The summed E-state index contributed by atoms with van der Waals surface area (Å²) < 4.78 is 6.07. The third kappa shape index (κ3) is 6.91. The van der Waals surface area contributed by atoms with Gasteiger partial charge in [-0.15, -0.1) is 0 Å². The number of benzene rings is 1. The molecule has 0 aliphatic carbocycles. The number of carbonyl (C=O) groups is 2. The summed E-state index contributed by atoms with van der Waals surface area (Å²) in [4.78, 5) is 32.6. The van der Waals surface area contributed by atoms with Crippen LogP contribution in [0.1, 0.15) is 26.3 Å². The van der Waals surface area contributed by atoms with E-state index >= 15 is 0 Å². The summed E-state index contributed by atoms with van der Waals surface area (Å²) in [5, 5.41) is 2.49. The summed E-state index contributed by atoms with van der Waals surface area (Å²) >= 11 is 3.34. The number of hydrogen-bond acceptors (Lipinski definition) is 5. The van der Waals surface area contributed by atoms with Crippen molar-refractivity contribution in [2.75, 3.05) is 7.11 Å². The van der Waals surface area contributed by atoms with Crippen LogP contribution in [0.4, 0.5) is 4.79 Å². The molecule has 7 heteroatoms. The molecular formula is C15H20BrNO5. The topological polar surface area (TPSA) is 73.9 Å². The molecule has 1 rings (SSSR count). The van der Waals surface area contributed by atoms with Crippen LogP contribution < -0.4 is 5.32 Å². The van der Waals surface area contributed by atoms with Gasteiger partial charge in [-0.3, -0.25) is 4.89 Å². The third-order valence-electron chi connectivity index (χ3n) is 2.49. The number of ether oxygens (including phenoxy) is 1. The van der Waals surface area contributed by atoms with Gasteiger partial charge in [0.2, 0.25) is 0 Å². The quantitative estimate of drug-likeness (QED) is 0.634. The Balaban J connectivity index is 2.77. The number of alkyl carbamates (subject to hydrolysis) is 1. The zero-order chi connectivity index (χ0) is 16.8. The Labute approximate surface area is 138 Å². The van der Waals surface area contributed by atoms with Crippen molar-refractivity contribution in [3.8, 4) is 0 Å². The second-order valence-electron chi connectivity index (χ2n) is 5.60. The third-order valence-corrected chi connectivity index (χ3v) is 3.02. The lowest BCUT2D eigenvalue weighted by Crippen LogP contribution is -2.45. The highest BCUT2D eigenvalue weighted by atomic mass is 79.9. The molecule has 0 heterocycles. The Morgan fingerprint density at radius 1 is 1.23 bits per heavy atom. The Morgan fingerprint density at radius 3 is 2.32 bits per heavy atom. The van der Waals surface area contributed by atoms with E-state index < -0.39 is 23.7 Å². The first-order valence-electron chi connectivity index (χ1n) is 6.70. The molecular weight excluding hydrogens is 354 g/mol. The molecule has 0 saturated carbocycles. The molecule has 0 aliphatic heterocycles. The lowest BCUT2D eigenvalue weighted by atomic mass is 10.1. The Hall–Kier alpha value is -1.60. The van der Waals surface area contributed by atoms with E-state index in [9.17, 15) is 9.59 Å². The SMILES string of the molecule is COOC(=O)[C@H](Cc1ccc(Br)cc1)NC(=O)OC(C)(C)C. The molecule has 122 valence electrons. The van der Waals surface area contributed by atoms with Gasteiger partial charge < -0.3 is 10.1 Å². The first-order chi connectivity index (χ1) is 10.2. The lowest BCUT2D eigenvalue weighted by molar-refractivity contribution is -0.256. The number of rotatable bonds is 5. The Kier molecular flexibility index (Phi) is 6.83. The molecule has 6 nitrogen and oxygen atoms in total. The van der Waals surface area contributed by atoms with Gasteiger partial charge in [-0.1, -0.05) is 28.1 Å². The van der Waals surface area contributed by atoms with Gasteiger partial charge in [0.15, 0.2) is 0 Å². The van der Waals surface area contributed by atoms with Crippen LogP contribution in [-0.2, 0) is 25.7 Å². The maximum Gasteiger partial charge on any atom is 0.408 e. The molecule has 1 aromatic carbocycles. The highest BCUT2D eigenvalue weighted by Gasteiger charge is 2.26. The van der Waals surface area contributed by atoms with Crippen molar-refractivity contribution in [2.45, 2.75) is 38.8 Å². The number of hydrogen-bond donors (Lipinski definition) is 1. The predicted octanol–water partition coefficient (Wildman–Crippen LogP) is 2.99. The molecule has 1 N–H and O–H groups in total. The standard InChI is InChI=1S/C15H20BrNO5/c1-15(2,3)21-14(19)17-12(13(18)22-20-4)9-10-5-7-11(16)8-6-10/h5-8,12H,9H2,1-4H3,(H,17,19)/t12-/m0/s1. The molecule has 0 bridgehead atoms. The van der Waals surface area contributed by atoms with E-state index in [1.807, 2.05) is 24.3 Å². The minimum Gasteiger partial charge on any atom is -0.444 e. The number of carbonyl (C=O) groups excluding carboxylic acids is 2. The maximum absolute atomic E-state index is 11.9. The van der Waals surface area contributed by atoms with E-state index in [4.69, 9.17) is 4.74 Å². The van der Waals surface area contributed by atoms with Crippen molar-refractivity contribution in [3.05, 3.63) is 34.3 Å². The number of nitrogens with one attached hydrogen (secondary N) is 1. The minimum atomic E-state index is -0.907. The minimum absolute atomic E-state index is 0.259. The summed E-state index contributed by atoms with van der Waals surface area (Å²) in [6.07, 6.45) is -0.433. The molecule has 0 saturated heterocycles. The molecule has 0 aliphatic rings. The van der Waals surface area contributed by atoms with Gasteiger partial charge in [-0.05, 0) is 38.5 Å². The second kappa shape index (κ2) is 8.14. The summed E-state index contributed by atoms with van der Waals surface area (Å²) in [5.41, 5.74) is 0.203. The van der Waals surface area contributed by atoms with Gasteiger partial charge in [0.1, 0.15) is 11.6 Å². The van der Waals surface area contributed by atoms with Crippen molar-refractivity contribution in [3.63, 3.8) is 0 Å². The van der Waals surface area contributed by atoms with Gasteiger partial charge in [-0.25, -0.2) is 9.59 Å². The maximum atomic E-state index is 11.9. The number of halogens is 1. The summed E-state index contributed by atoms with van der Waals surface area (Å²) in [7, 11) is 1.22. The smallest absolute Gasteiger partial charge is 0.408 e. The molecule has 1 aromatic rings. The normalized spacial score (nSPS) is 12.4. The van der Waals surface area contributed by atoms with Crippen LogP contribution in [0.15, 0.2) is 28.7 Å². The number of amides is 1. The van der Waals surface area contributed by atoms with Crippen LogP contribution in [0.5, 0.6) is 0 Å². The summed E-state index contributed by atoms with van der Waals surface area (Å²) in [6.45, 7) is 5.22. The Morgan fingerprint density at radius 2 is 1.82 bits per heavy atom. The van der Waals surface area contributed by atoms with E-state index in [0.717, 1.165) is 10.0 Å². The fourth-order valence-electron chi connectivity index (χ4n) is 1.64. The first-order valence-corrected chi connectivity index (χ1v) is 7.49. The molecule has 0 unspecified atom stereocenters. The fourth-order valence-corrected chi connectivity index (χ4v) is 1.90. The Bertz CT molecular complexity index is 510. The summed E-state index contributed by atoms with van der Waals surface area (Å²) in [5.74, 6) is -0.698. The van der Waals surface area contributed by atoms with E-state index in [2.05, 4.69) is 31.0 Å². The van der Waals surface area contributed by atoms with Crippen LogP contribution in [0.3, 0.4) is 0 Å². The van der Waals surface area contributed by atoms with Gasteiger partial charge in [0.05, 0.1) is 7.11 Å². The highest BCUT2D eigenvalue weighted by Crippen LogP contribution is 2.13. The predicted molar refractivity (Wildman–Crippen MR) is 84.1 cm³/mol. The zero-order valence-corrected chi connectivity index (χ0v) is 14.6. The second-order valence-corrected chi connectivity index (χ2v) is 6.51. The zero-order valence-electron chi connectivity index (χ0n) is 13.0. The van der Waals surface area contributed by atoms with Crippen LogP contribution in [0, 0.1) is 0 Å². The molecule has 22 heavy (non-hydrogen) atoms. The van der Waals surface area contributed by atoms with Crippen molar-refractivity contribution >= 4 is 28.0 Å². The van der Waals surface area contributed by atoms with Crippen LogP contribution >= 0.6 is 15.9 Å². The molecule has 1 amide bonds. The molecule has 1 atom stereocenters. The van der Waals surface area contributed by atoms with Gasteiger partial charge in [0, 0.05) is 10.9 Å². The van der Waals surface area contributed by atoms with Crippen molar-refractivity contribution in [2.24, 2.45) is 0 Å². The van der Waals surface area contributed by atoms with Crippen molar-refractivity contribution in [1.29, 1.82) is 0 Å². The van der Waals surface area contributed by atoms with Crippen LogP contribution in [0.2, 0.25) is 0 Å².